The first kappa shape index (κ1) is 11.5. The second kappa shape index (κ2) is 4.75. The number of aliphatic hydroxyl groups is 1. The molecule has 2 atom stereocenters. The lowest BCUT2D eigenvalue weighted by molar-refractivity contribution is -0.144. The van der Waals surface area contributed by atoms with Gasteiger partial charge in [0.05, 0.1) is 0 Å². The normalized spacial score (nSPS) is 26.3. The molecule has 82 valence electrons. The lowest BCUT2D eigenvalue weighted by Gasteiger charge is -2.40. The Labute approximate surface area is 85.5 Å². The average Bonchev–Trinajstić information content (AvgIpc) is 2.16. The highest BCUT2D eigenvalue weighted by Gasteiger charge is 2.29. The summed E-state index contributed by atoms with van der Waals surface area (Å²) in [6.07, 6.45) is 0.0791. The Balaban J connectivity index is 2.63. The van der Waals surface area contributed by atoms with Crippen molar-refractivity contribution in [3.63, 3.8) is 0 Å². The lowest BCUT2D eigenvalue weighted by Crippen LogP contribution is -2.55. The summed E-state index contributed by atoms with van der Waals surface area (Å²) in [6.45, 7) is 6.15. The highest BCUT2D eigenvalue weighted by Crippen LogP contribution is 2.12. The summed E-state index contributed by atoms with van der Waals surface area (Å²) in [5.41, 5.74) is 0. The largest absolute Gasteiger partial charge is 0.384 e. The van der Waals surface area contributed by atoms with Gasteiger partial charge in [-0.05, 0) is 20.4 Å². The number of amides is 1. The first-order chi connectivity index (χ1) is 6.56. The van der Waals surface area contributed by atoms with Gasteiger partial charge in [0.15, 0.2) is 0 Å². The minimum atomic E-state index is -0.868. The average molecular weight is 200 g/mol. The van der Waals surface area contributed by atoms with Gasteiger partial charge in [0.1, 0.15) is 6.10 Å². The summed E-state index contributed by atoms with van der Waals surface area (Å²) in [5.74, 6) is -0.134. The molecule has 0 unspecified atom stereocenters. The Morgan fingerprint density at radius 2 is 2.21 bits per heavy atom. The molecule has 1 aliphatic heterocycles. The van der Waals surface area contributed by atoms with Crippen LogP contribution >= 0.6 is 0 Å². The van der Waals surface area contributed by atoms with E-state index in [0.29, 0.717) is 0 Å². The summed E-state index contributed by atoms with van der Waals surface area (Å²) in [6, 6.07) is 0.260. The fraction of sp³-hybridized carbons (Fsp3) is 0.900. The molecule has 4 nitrogen and oxygen atoms in total. The topological polar surface area (TPSA) is 43.8 Å². The molecule has 1 heterocycles. The van der Waals surface area contributed by atoms with Gasteiger partial charge in [-0.25, -0.2) is 0 Å². The van der Waals surface area contributed by atoms with Gasteiger partial charge in [0.2, 0.25) is 0 Å². The van der Waals surface area contributed by atoms with E-state index < -0.39 is 6.10 Å². The molecule has 1 saturated heterocycles. The summed E-state index contributed by atoms with van der Waals surface area (Å²) in [4.78, 5) is 15.7. The number of nitrogens with zero attached hydrogens (tertiary/aromatic N) is 2. The molecule has 0 radical (unpaired) electrons. The third-order valence-electron chi connectivity index (χ3n) is 2.80. The fourth-order valence-electron chi connectivity index (χ4n) is 1.89. The van der Waals surface area contributed by atoms with Gasteiger partial charge in [-0.3, -0.25) is 4.79 Å². The third kappa shape index (κ3) is 2.45. The maximum atomic E-state index is 11.6. The molecule has 0 spiro atoms. The highest BCUT2D eigenvalue weighted by atomic mass is 16.3. The lowest BCUT2D eigenvalue weighted by atomic mass is 10.1. The summed E-state index contributed by atoms with van der Waals surface area (Å²) < 4.78 is 0. The second-order valence-electron chi connectivity index (χ2n) is 4.03. The molecule has 0 saturated carbocycles. The zero-order valence-electron chi connectivity index (χ0n) is 9.23. The Hall–Kier alpha value is -0.610. The van der Waals surface area contributed by atoms with Crippen molar-refractivity contribution in [3.8, 4) is 0 Å². The molecule has 0 bridgehead atoms. The van der Waals surface area contributed by atoms with Crippen LogP contribution in [0.2, 0.25) is 0 Å². The predicted molar refractivity (Wildman–Crippen MR) is 55.0 cm³/mol. The zero-order valence-corrected chi connectivity index (χ0v) is 9.23. The van der Waals surface area contributed by atoms with Gasteiger partial charge in [-0.1, -0.05) is 6.92 Å². The first-order valence-corrected chi connectivity index (χ1v) is 5.23. The predicted octanol–water partition coefficient (Wildman–Crippen LogP) is -0.0802. The third-order valence-corrected chi connectivity index (χ3v) is 2.80. The minimum Gasteiger partial charge on any atom is -0.384 e. The SMILES string of the molecule is CC[C@H]1CN(C)CCN1C(=O)[C@@H](C)O. The number of carbonyl (C=O) groups excluding carboxylic acids is 1. The van der Waals surface area contributed by atoms with E-state index in [0.717, 1.165) is 26.1 Å². The van der Waals surface area contributed by atoms with E-state index in [9.17, 15) is 9.90 Å². The summed E-state index contributed by atoms with van der Waals surface area (Å²) in [7, 11) is 2.06. The van der Waals surface area contributed by atoms with Crippen molar-refractivity contribution in [1.29, 1.82) is 0 Å². The molecule has 1 aliphatic rings. The quantitative estimate of drug-likeness (QED) is 0.678. The van der Waals surface area contributed by atoms with E-state index in [-0.39, 0.29) is 11.9 Å². The monoisotopic (exact) mass is 200 g/mol. The van der Waals surface area contributed by atoms with Crippen molar-refractivity contribution in [3.05, 3.63) is 0 Å². The molecule has 1 rings (SSSR count). The van der Waals surface area contributed by atoms with E-state index in [2.05, 4.69) is 18.9 Å². The molecule has 1 amide bonds. The number of hydrogen-bond donors (Lipinski definition) is 1. The molecule has 4 heteroatoms. The Bertz CT molecular complexity index is 206. The Morgan fingerprint density at radius 3 is 2.71 bits per heavy atom. The number of carbonyl (C=O) groups is 1. The van der Waals surface area contributed by atoms with Crippen LogP contribution in [0.25, 0.3) is 0 Å². The van der Waals surface area contributed by atoms with Crippen molar-refractivity contribution >= 4 is 5.91 Å². The van der Waals surface area contributed by atoms with Crippen LogP contribution in [0, 0.1) is 0 Å². The molecule has 0 aromatic heterocycles. The highest BCUT2D eigenvalue weighted by molar-refractivity contribution is 5.80. The van der Waals surface area contributed by atoms with Crippen LogP contribution in [0.15, 0.2) is 0 Å². The van der Waals surface area contributed by atoms with E-state index >= 15 is 0 Å². The van der Waals surface area contributed by atoms with Gasteiger partial charge in [0, 0.05) is 25.7 Å². The number of aliphatic hydroxyl groups excluding tert-OH is 1. The van der Waals surface area contributed by atoms with Crippen LogP contribution in [0.1, 0.15) is 20.3 Å². The van der Waals surface area contributed by atoms with Crippen molar-refractivity contribution in [2.24, 2.45) is 0 Å². The molecule has 1 fully saturated rings. The van der Waals surface area contributed by atoms with Crippen LogP contribution in [-0.4, -0.2) is 59.6 Å². The van der Waals surface area contributed by atoms with Crippen LogP contribution in [0.3, 0.4) is 0 Å². The Morgan fingerprint density at radius 1 is 1.57 bits per heavy atom. The molecule has 14 heavy (non-hydrogen) atoms. The fourth-order valence-corrected chi connectivity index (χ4v) is 1.89. The molecule has 0 aliphatic carbocycles. The van der Waals surface area contributed by atoms with Crippen LogP contribution in [-0.2, 0) is 4.79 Å². The van der Waals surface area contributed by atoms with Gasteiger partial charge >= 0.3 is 0 Å². The van der Waals surface area contributed by atoms with Crippen molar-refractivity contribution in [2.45, 2.75) is 32.4 Å². The molecule has 1 N–H and O–H groups in total. The standard InChI is InChI=1S/C10H20N2O2/c1-4-9-7-11(3)5-6-12(9)10(14)8(2)13/h8-9,13H,4-7H2,1-3H3/t8-,9+/m1/s1. The molecule has 0 aromatic rings. The van der Waals surface area contributed by atoms with E-state index in [4.69, 9.17) is 0 Å². The number of piperazine rings is 1. The first-order valence-electron chi connectivity index (χ1n) is 5.23. The van der Waals surface area contributed by atoms with E-state index in [1.54, 1.807) is 0 Å². The molecule has 0 aromatic carbocycles. The maximum absolute atomic E-state index is 11.6. The number of hydrogen-bond acceptors (Lipinski definition) is 3. The smallest absolute Gasteiger partial charge is 0.251 e. The van der Waals surface area contributed by atoms with Crippen molar-refractivity contribution < 1.29 is 9.90 Å². The van der Waals surface area contributed by atoms with Crippen molar-refractivity contribution in [1.82, 2.24) is 9.80 Å². The van der Waals surface area contributed by atoms with Gasteiger partial charge < -0.3 is 14.9 Å². The van der Waals surface area contributed by atoms with Gasteiger partial charge in [0.25, 0.3) is 5.91 Å². The Kier molecular flexibility index (Phi) is 3.89. The van der Waals surface area contributed by atoms with E-state index in [1.165, 1.54) is 6.92 Å². The molecular weight excluding hydrogens is 180 g/mol. The zero-order chi connectivity index (χ0) is 10.7. The van der Waals surface area contributed by atoms with Crippen LogP contribution in [0.5, 0.6) is 0 Å². The van der Waals surface area contributed by atoms with Gasteiger partial charge in [-0.15, -0.1) is 0 Å². The van der Waals surface area contributed by atoms with Crippen molar-refractivity contribution in [2.75, 3.05) is 26.7 Å². The second-order valence-corrected chi connectivity index (χ2v) is 4.03. The molecular formula is C10H20N2O2. The van der Waals surface area contributed by atoms with Gasteiger partial charge in [-0.2, -0.15) is 0 Å². The number of rotatable bonds is 2. The van der Waals surface area contributed by atoms with Crippen LogP contribution in [0.4, 0.5) is 0 Å². The number of likely N-dealkylation sites (N-methyl/N-ethyl adjacent to an activating group) is 1. The summed E-state index contributed by atoms with van der Waals surface area (Å²) >= 11 is 0. The minimum absolute atomic E-state index is 0.134. The van der Waals surface area contributed by atoms with Crippen LogP contribution < -0.4 is 0 Å². The maximum Gasteiger partial charge on any atom is 0.251 e. The summed E-state index contributed by atoms with van der Waals surface area (Å²) in [5, 5.41) is 9.25. The van der Waals surface area contributed by atoms with E-state index in [1.807, 2.05) is 4.90 Å².